The van der Waals surface area contributed by atoms with Gasteiger partial charge in [0.1, 0.15) is 0 Å². The molecule has 0 atom stereocenters. The van der Waals surface area contributed by atoms with Crippen molar-refractivity contribution in [1.82, 2.24) is 23.1 Å². The second kappa shape index (κ2) is 6.72. The van der Waals surface area contributed by atoms with Crippen molar-refractivity contribution in [3.63, 3.8) is 0 Å². The summed E-state index contributed by atoms with van der Waals surface area (Å²) in [5.41, 5.74) is 4.89. The Bertz CT molecular complexity index is 1620. The molecule has 0 saturated heterocycles. The fraction of sp³-hybridized carbons (Fsp3) is 0.174. The standard InChI is InChI=1S/C23H20ClN5O2/c1-13-5-10-17(14(2)11-13)29-18(15-6-8-16(24)9-7-15)12-28-19-20(25-22(28)29)26(3)23(31)27(4)21(19)30/h5-12H,1-4H3. The minimum atomic E-state index is -0.408. The highest BCUT2D eigenvalue weighted by Crippen LogP contribution is 2.31. The lowest BCUT2D eigenvalue weighted by Gasteiger charge is -2.12. The summed E-state index contributed by atoms with van der Waals surface area (Å²) in [5, 5.41) is 0.646. The summed E-state index contributed by atoms with van der Waals surface area (Å²) >= 11 is 6.10. The number of benzene rings is 2. The summed E-state index contributed by atoms with van der Waals surface area (Å²) < 4.78 is 6.28. The van der Waals surface area contributed by atoms with Gasteiger partial charge < -0.3 is 0 Å². The van der Waals surface area contributed by atoms with Crippen molar-refractivity contribution in [1.29, 1.82) is 0 Å². The Labute approximate surface area is 182 Å². The van der Waals surface area contributed by atoms with Gasteiger partial charge >= 0.3 is 5.69 Å². The van der Waals surface area contributed by atoms with E-state index in [1.54, 1.807) is 11.4 Å². The van der Waals surface area contributed by atoms with Crippen molar-refractivity contribution in [2.24, 2.45) is 14.1 Å². The third kappa shape index (κ3) is 2.77. The summed E-state index contributed by atoms with van der Waals surface area (Å²) in [7, 11) is 3.10. The molecule has 0 radical (unpaired) electrons. The van der Waals surface area contributed by atoms with Crippen LogP contribution in [0.2, 0.25) is 5.02 Å². The van der Waals surface area contributed by atoms with Gasteiger partial charge in [-0.05, 0) is 37.6 Å². The van der Waals surface area contributed by atoms with Crippen molar-refractivity contribution in [2.75, 3.05) is 0 Å². The molecule has 3 aromatic heterocycles. The number of fused-ring (bicyclic) bond motifs is 3. The van der Waals surface area contributed by atoms with E-state index >= 15 is 0 Å². The Morgan fingerprint density at radius 1 is 0.935 bits per heavy atom. The molecule has 0 aliphatic carbocycles. The van der Waals surface area contributed by atoms with Crippen LogP contribution < -0.4 is 11.2 Å². The van der Waals surface area contributed by atoms with Gasteiger partial charge in [0.2, 0.25) is 5.78 Å². The van der Waals surface area contributed by atoms with E-state index < -0.39 is 5.69 Å². The van der Waals surface area contributed by atoms with Crippen LogP contribution in [0.5, 0.6) is 0 Å². The molecule has 8 heteroatoms. The van der Waals surface area contributed by atoms with E-state index in [-0.39, 0.29) is 5.56 Å². The van der Waals surface area contributed by atoms with E-state index in [0.29, 0.717) is 22.0 Å². The Hall–Kier alpha value is -3.58. The average Bonchev–Trinajstić information content (AvgIpc) is 3.28. The monoisotopic (exact) mass is 433 g/mol. The fourth-order valence-electron chi connectivity index (χ4n) is 4.09. The van der Waals surface area contributed by atoms with Crippen molar-refractivity contribution >= 4 is 28.5 Å². The molecule has 0 amide bonds. The quantitative estimate of drug-likeness (QED) is 0.427. The smallest absolute Gasteiger partial charge is 0.279 e. The third-order valence-electron chi connectivity index (χ3n) is 5.70. The lowest BCUT2D eigenvalue weighted by molar-refractivity contribution is 0.708. The second-order valence-corrected chi connectivity index (χ2v) is 8.24. The zero-order chi connectivity index (χ0) is 22.0. The maximum absolute atomic E-state index is 13.0. The zero-order valence-electron chi connectivity index (χ0n) is 17.5. The molecule has 2 aromatic carbocycles. The van der Waals surface area contributed by atoms with Gasteiger partial charge in [-0.3, -0.25) is 22.9 Å². The molecule has 7 nitrogen and oxygen atoms in total. The first kappa shape index (κ1) is 19.4. The van der Waals surface area contributed by atoms with Gasteiger partial charge in [0.05, 0.1) is 11.4 Å². The summed E-state index contributed by atoms with van der Waals surface area (Å²) in [6.45, 7) is 4.09. The number of aromatic nitrogens is 5. The Morgan fingerprint density at radius 2 is 1.65 bits per heavy atom. The molecule has 0 bridgehead atoms. The molecule has 0 spiro atoms. The Kier molecular flexibility index (Phi) is 4.20. The van der Waals surface area contributed by atoms with Gasteiger partial charge in [-0.25, -0.2) is 4.79 Å². The third-order valence-corrected chi connectivity index (χ3v) is 5.95. The highest BCUT2D eigenvalue weighted by Gasteiger charge is 2.22. The molecule has 5 rings (SSSR count). The summed E-state index contributed by atoms with van der Waals surface area (Å²) in [6, 6.07) is 13.7. The van der Waals surface area contributed by atoms with Crippen LogP contribution in [0.15, 0.2) is 58.3 Å². The predicted octanol–water partition coefficient (Wildman–Crippen LogP) is 3.61. The largest absolute Gasteiger partial charge is 0.332 e. The maximum Gasteiger partial charge on any atom is 0.332 e. The number of aryl methyl sites for hydroxylation is 3. The van der Waals surface area contributed by atoms with Crippen molar-refractivity contribution < 1.29 is 0 Å². The lowest BCUT2D eigenvalue weighted by atomic mass is 10.1. The molecule has 31 heavy (non-hydrogen) atoms. The first-order chi connectivity index (χ1) is 14.8. The summed E-state index contributed by atoms with van der Waals surface area (Å²) in [5.74, 6) is 0.560. The van der Waals surface area contributed by atoms with Crippen LogP contribution in [0, 0.1) is 13.8 Å². The molecule has 0 saturated carbocycles. The van der Waals surface area contributed by atoms with Gasteiger partial charge in [0, 0.05) is 30.9 Å². The average molecular weight is 434 g/mol. The number of hydrogen-bond acceptors (Lipinski definition) is 3. The SMILES string of the molecule is Cc1ccc(-n2c(-c3ccc(Cl)cc3)cn3c4c(=O)n(C)c(=O)n(C)c4nc23)c(C)c1. The lowest BCUT2D eigenvalue weighted by Crippen LogP contribution is -2.37. The first-order valence-corrected chi connectivity index (χ1v) is 10.2. The summed E-state index contributed by atoms with van der Waals surface area (Å²) in [6.07, 6.45) is 1.89. The molecule has 0 fully saturated rings. The molecule has 0 aliphatic heterocycles. The predicted molar refractivity (Wildman–Crippen MR) is 122 cm³/mol. The Morgan fingerprint density at radius 3 is 2.32 bits per heavy atom. The van der Waals surface area contributed by atoms with Crippen LogP contribution in [0.25, 0.3) is 33.9 Å². The van der Waals surface area contributed by atoms with Gasteiger partial charge in [0.15, 0.2) is 11.2 Å². The van der Waals surface area contributed by atoms with Gasteiger partial charge in [-0.1, -0.05) is 41.4 Å². The number of halogens is 1. The van der Waals surface area contributed by atoms with Crippen molar-refractivity contribution in [2.45, 2.75) is 13.8 Å². The molecule has 0 N–H and O–H groups in total. The molecule has 3 heterocycles. The van der Waals surface area contributed by atoms with Crippen LogP contribution in [0.4, 0.5) is 0 Å². The number of rotatable bonds is 2. The molecule has 0 aliphatic rings. The topological polar surface area (TPSA) is 66.2 Å². The van der Waals surface area contributed by atoms with Crippen LogP contribution in [0.1, 0.15) is 11.1 Å². The number of hydrogen-bond donors (Lipinski definition) is 0. The van der Waals surface area contributed by atoms with Crippen molar-refractivity contribution in [3.05, 3.63) is 85.6 Å². The fourth-order valence-corrected chi connectivity index (χ4v) is 4.21. The van der Waals surface area contributed by atoms with Gasteiger partial charge in [-0.2, -0.15) is 4.98 Å². The first-order valence-electron chi connectivity index (χ1n) is 9.81. The van der Waals surface area contributed by atoms with Crippen molar-refractivity contribution in [3.8, 4) is 16.9 Å². The second-order valence-electron chi connectivity index (χ2n) is 7.81. The van der Waals surface area contributed by atoms with E-state index in [1.165, 1.54) is 11.6 Å². The summed E-state index contributed by atoms with van der Waals surface area (Å²) in [4.78, 5) is 30.1. The highest BCUT2D eigenvalue weighted by molar-refractivity contribution is 6.30. The van der Waals surface area contributed by atoms with Crippen LogP contribution in [-0.4, -0.2) is 23.1 Å². The molecular weight excluding hydrogens is 414 g/mol. The normalized spacial score (nSPS) is 11.6. The van der Waals surface area contributed by atoms with Crippen LogP contribution in [-0.2, 0) is 14.1 Å². The molecule has 5 aromatic rings. The maximum atomic E-state index is 13.0. The van der Waals surface area contributed by atoms with E-state index in [1.807, 2.05) is 61.0 Å². The number of nitrogens with zero attached hydrogens (tertiary/aromatic N) is 5. The Balaban J connectivity index is 1.98. The molecule has 156 valence electrons. The van der Waals surface area contributed by atoms with E-state index in [2.05, 4.69) is 6.07 Å². The van der Waals surface area contributed by atoms with Gasteiger partial charge in [0.25, 0.3) is 5.56 Å². The van der Waals surface area contributed by atoms with Crippen LogP contribution in [0.3, 0.4) is 0 Å². The molecule has 0 unspecified atom stereocenters. The number of imidazole rings is 2. The van der Waals surface area contributed by atoms with Gasteiger partial charge in [-0.15, -0.1) is 0 Å². The minimum Gasteiger partial charge on any atom is -0.279 e. The highest BCUT2D eigenvalue weighted by atomic mass is 35.5. The molecular formula is C23H20ClN5O2. The van der Waals surface area contributed by atoms with E-state index in [9.17, 15) is 9.59 Å². The minimum absolute atomic E-state index is 0.351. The van der Waals surface area contributed by atoms with E-state index in [0.717, 1.165) is 32.6 Å². The van der Waals surface area contributed by atoms with Crippen LogP contribution >= 0.6 is 11.6 Å². The van der Waals surface area contributed by atoms with E-state index in [4.69, 9.17) is 16.6 Å². The zero-order valence-corrected chi connectivity index (χ0v) is 18.3.